The Bertz CT molecular complexity index is 676. The lowest BCUT2D eigenvalue weighted by atomic mass is 10.2. The van der Waals surface area contributed by atoms with Crippen LogP contribution in [0.5, 0.6) is 5.75 Å². The van der Waals surface area contributed by atoms with E-state index in [1.165, 1.54) is 31.0 Å². The molecular weight excluding hydrogens is 315 g/mol. The SMILES string of the molecule is COc1ccc(CSc2ccc(Cl)c(C(=O)O)c2)cc1F. The van der Waals surface area contributed by atoms with Crippen LogP contribution in [0.4, 0.5) is 4.39 Å². The Balaban J connectivity index is 2.11. The zero-order valence-electron chi connectivity index (χ0n) is 11.1. The zero-order chi connectivity index (χ0) is 15.4. The molecule has 3 nitrogen and oxygen atoms in total. The maximum Gasteiger partial charge on any atom is 0.337 e. The normalized spacial score (nSPS) is 10.4. The second-order valence-electron chi connectivity index (χ2n) is 4.20. The first kappa shape index (κ1) is 15.7. The first-order chi connectivity index (χ1) is 10.0. The lowest BCUT2D eigenvalue weighted by Crippen LogP contribution is -1.97. The lowest BCUT2D eigenvalue weighted by Gasteiger charge is -2.06. The first-order valence-electron chi connectivity index (χ1n) is 5.99. The highest BCUT2D eigenvalue weighted by Crippen LogP contribution is 2.28. The number of thioether (sulfide) groups is 1. The first-order valence-corrected chi connectivity index (χ1v) is 7.35. The molecule has 0 bridgehead atoms. The van der Waals surface area contributed by atoms with Crippen molar-refractivity contribution in [3.05, 3.63) is 58.4 Å². The standard InChI is InChI=1S/C15H12ClFO3S/c1-20-14-5-2-9(6-13(14)17)8-21-10-3-4-12(16)11(7-10)15(18)19/h2-7H,8H2,1H3,(H,18,19). The summed E-state index contributed by atoms with van der Waals surface area (Å²) in [6, 6.07) is 9.52. The van der Waals surface area contributed by atoms with Gasteiger partial charge in [-0.25, -0.2) is 9.18 Å². The number of hydrogen-bond acceptors (Lipinski definition) is 3. The second kappa shape index (κ2) is 6.83. The van der Waals surface area contributed by atoms with Gasteiger partial charge in [-0.05, 0) is 35.9 Å². The average Bonchev–Trinajstić information content (AvgIpc) is 2.46. The van der Waals surface area contributed by atoms with E-state index in [1.807, 2.05) is 0 Å². The van der Waals surface area contributed by atoms with Gasteiger partial charge >= 0.3 is 5.97 Å². The summed E-state index contributed by atoms with van der Waals surface area (Å²) in [5.41, 5.74) is 0.840. The van der Waals surface area contributed by atoms with Crippen molar-refractivity contribution in [2.24, 2.45) is 0 Å². The van der Waals surface area contributed by atoms with Gasteiger partial charge in [0.05, 0.1) is 17.7 Å². The summed E-state index contributed by atoms with van der Waals surface area (Å²) < 4.78 is 18.4. The molecule has 110 valence electrons. The third-order valence-corrected chi connectivity index (χ3v) is 4.18. The Hall–Kier alpha value is -1.72. The number of carboxylic acid groups (broad SMARTS) is 1. The number of carboxylic acids is 1. The molecule has 0 unspecified atom stereocenters. The van der Waals surface area contributed by atoms with E-state index < -0.39 is 11.8 Å². The minimum absolute atomic E-state index is 0.0579. The maximum absolute atomic E-state index is 13.6. The fraction of sp³-hybridized carbons (Fsp3) is 0.133. The van der Waals surface area contributed by atoms with Crippen LogP contribution in [0.25, 0.3) is 0 Å². The molecule has 6 heteroatoms. The molecule has 0 aromatic heterocycles. The summed E-state index contributed by atoms with van der Waals surface area (Å²) in [7, 11) is 1.41. The van der Waals surface area contributed by atoms with Gasteiger partial charge in [-0.15, -0.1) is 11.8 Å². The van der Waals surface area contributed by atoms with Gasteiger partial charge in [0, 0.05) is 10.6 Å². The van der Waals surface area contributed by atoms with E-state index >= 15 is 0 Å². The molecule has 0 heterocycles. The molecule has 0 aliphatic rings. The third kappa shape index (κ3) is 3.89. The molecule has 0 atom stereocenters. The van der Waals surface area contributed by atoms with Crippen molar-refractivity contribution in [2.75, 3.05) is 7.11 Å². The van der Waals surface area contributed by atoms with Crippen molar-refractivity contribution in [1.29, 1.82) is 0 Å². The van der Waals surface area contributed by atoms with E-state index in [-0.39, 0.29) is 16.3 Å². The van der Waals surface area contributed by atoms with Crippen LogP contribution in [0, 0.1) is 5.82 Å². The van der Waals surface area contributed by atoms with Crippen LogP contribution < -0.4 is 4.74 Å². The summed E-state index contributed by atoms with van der Waals surface area (Å²) in [6.45, 7) is 0. The van der Waals surface area contributed by atoms with Gasteiger partial charge in [0.1, 0.15) is 0 Å². The number of halogens is 2. The monoisotopic (exact) mass is 326 g/mol. The van der Waals surface area contributed by atoms with Crippen LogP contribution in [0.15, 0.2) is 41.3 Å². The molecule has 2 aromatic rings. The van der Waals surface area contributed by atoms with Crippen LogP contribution >= 0.6 is 23.4 Å². The highest BCUT2D eigenvalue weighted by atomic mass is 35.5. The van der Waals surface area contributed by atoms with Gasteiger partial charge in [0.2, 0.25) is 0 Å². The van der Waals surface area contributed by atoms with E-state index in [9.17, 15) is 9.18 Å². The molecule has 0 aliphatic carbocycles. The van der Waals surface area contributed by atoms with Crippen molar-refractivity contribution in [3.63, 3.8) is 0 Å². The molecule has 0 spiro atoms. The van der Waals surface area contributed by atoms with E-state index in [0.29, 0.717) is 5.75 Å². The third-order valence-electron chi connectivity index (χ3n) is 2.79. The van der Waals surface area contributed by atoms with Gasteiger partial charge in [0.15, 0.2) is 11.6 Å². The van der Waals surface area contributed by atoms with Crippen molar-refractivity contribution in [1.82, 2.24) is 0 Å². The van der Waals surface area contributed by atoms with Crippen molar-refractivity contribution in [2.45, 2.75) is 10.6 Å². The maximum atomic E-state index is 13.6. The molecule has 1 N–H and O–H groups in total. The predicted octanol–water partition coefficient (Wildman–Crippen LogP) is 4.48. The number of benzene rings is 2. The molecule has 0 radical (unpaired) electrons. The number of rotatable bonds is 5. The lowest BCUT2D eigenvalue weighted by molar-refractivity contribution is 0.0697. The van der Waals surface area contributed by atoms with E-state index in [2.05, 4.69) is 0 Å². The summed E-state index contributed by atoms with van der Waals surface area (Å²) >= 11 is 7.22. The topological polar surface area (TPSA) is 46.5 Å². The van der Waals surface area contributed by atoms with Gasteiger partial charge in [-0.3, -0.25) is 0 Å². The highest BCUT2D eigenvalue weighted by molar-refractivity contribution is 7.98. The Labute approximate surface area is 130 Å². The molecular formula is C15H12ClFO3S. The van der Waals surface area contributed by atoms with Gasteiger partial charge in [-0.1, -0.05) is 17.7 Å². The Morgan fingerprint density at radius 1 is 1.33 bits per heavy atom. The molecule has 0 aliphatic heterocycles. The van der Waals surface area contributed by atoms with Crippen molar-refractivity contribution < 1.29 is 19.0 Å². The molecule has 21 heavy (non-hydrogen) atoms. The minimum Gasteiger partial charge on any atom is -0.494 e. The number of methoxy groups -OCH3 is 1. The van der Waals surface area contributed by atoms with Gasteiger partial charge in [-0.2, -0.15) is 0 Å². The largest absolute Gasteiger partial charge is 0.494 e. The second-order valence-corrected chi connectivity index (χ2v) is 5.66. The summed E-state index contributed by atoms with van der Waals surface area (Å²) in [4.78, 5) is 11.8. The van der Waals surface area contributed by atoms with Crippen LogP contribution in [0.3, 0.4) is 0 Å². The van der Waals surface area contributed by atoms with E-state index in [1.54, 1.807) is 24.3 Å². The summed E-state index contributed by atoms with van der Waals surface area (Å²) in [5.74, 6) is -0.777. The van der Waals surface area contributed by atoms with Crippen molar-refractivity contribution in [3.8, 4) is 5.75 Å². The zero-order valence-corrected chi connectivity index (χ0v) is 12.7. The summed E-state index contributed by atoms with van der Waals surface area (Å²) in [5, 5.41) is 9.21. The number of aromatic carboxylic acids is 1. The van der Waals surface area contributed by atoms with Crippen LogP contribution in [0.1, 0.15) is 15.9 Å². The van der Waals surface area contributed by atoms with Crippen LogP contribution in [-0.2, 0) is 5.75 Å². The van der Waals surface area contributed by atoms with Crippen LogP contribution in [-0.4, -0.2) is 18.2 Å². The molecule has 2 aromatic carbocycles. The molecule has 0 saturated heterocycles. The fourth-order valence-corrected chi connectivity index (χ4v) is 2.80. The Kier molecular flexibility index (Phi) is 5.09. The molecule has 0 amide bonds. The quantitative estimate of drug-likeness (QED) is 0.823. The smallest absolute Gasteiger partial charge is 0.337 e. The van der Waals surface area contributed by atoms with Gasteiger partial charge in [0.25, 0.3) is 0 Å². The van der Waals surface area contributed by atoms with Gasteiger partial charge < -0.3 is 9.84 Å². The van der Waals surface area contributed by atoms with Crippen molar-refractivity contribution >= 4 is 29.3 Å². The van der Waals surface area contributed by atoms with Crippen LogP contribution in [0.2, 0.25) is 5.02 Å². The fourth-order valence-electron chi connectivity index (χ4n) is 1.72. The minimum atomic E-state index is -1.07. The average molecular weight is 327 g/mol. The highest BCUT2D eigenvalue weighted by Gasteiger charge is 2.10. The molecule has 2 rings (SSSR count). The number of carbonyl (C=O) groups is 1. The summed E-state index contributed by atoms with van der Waals surface area (Å²) in [6.07, 6.45) is 0. The van der Waals surface area contributed by atoms with E-state index in [4.69, 9.17) is 21.4 Å². The molecule has 0 fully saturated rings. The number of hydrogen-bond donors (Lipinski definition) is 1. The number of ether oxygens (including phenoxy) is 1. The van der Waals surface area contributed by atoms with E-state index in [0.717, 1.165) is 10.5 Å². The Morgan fingerprint density at radius 3 is 2.71 bits per heavy atom. The molecule has 0 saturated carbocycles. The Morgan fingerprint density at radius 2 is 2.10 bits per heavy atom. The predicted molar refractivity (Wildman–Crippen MR) is 80.9 cm³/mol.